The number of para-hydroxylation sites is 1. The van der Waals surface area contributed by atoms with Crippen LogP contribution in [0.4, 0.5) is 0 Å². The first kappa shape index (κ1) is 39.3. The number of carboxylic acid groups (broad SMARTS) is 2. The standard InChI is InChI=1S/C34H45N7O11/c1-16(2)11-21-29(47)37-23(14-27(45)46)31(49)40-28(17(3)42)33(51)39-24(12-18-15-35-20-8-5-4-7-19(18)20)34(52)41-10-6-9-25(41)32(50)38-22(13-26(43)44)30(48)36-21/h4-5,7-8,15-17,21-25,28,35,42H,6,9-14H2,1-3H3,(H,36,48)(H,37,47)(H,38,50)(H,39,51)(H,40,49)(H,43,44)(H,45,46)/t17-,21+,22+,23+,24+,25-,28+/m1/s1. The van der Waals surface area contributed by atoms with Crippen molar-refractivity contribution in [2.24, 2.45) is 5.92 Å². The van der Waals surface area contributed by atoms with Gasteiger partial charge in [-0.2, -0.15) is 0 Å². The maximum atomic E-state index is 14.3. The van der Waals surface area contributed by atoms with Crippen LogP contribution < -0.4 is 26.6 Å². The molecule has 2 fully saturated rings. The van der Waals surface area contributed by atoms with Gasteiger partial charge in [0.1, 0.15) is 36.3 Å². The SMILES string of the molecule is CC(C)C[C@@H]1NC(=O)[C@H](CC(=O)O)NC(=O)[C@H]2CCCN2C(=O)[C@H](Cc2c[nH]c3ccccc23)NC(=O)[C@H]([C@@H](C)O)NC(=O)[C@H](CC(=O)O)NC1=O. The Morgan fingerprint density at radius 3 is 1.94 bits per heavy atom. The zero-order valence-corrected chi connectivity index (χ0v) is 29.0. The third-order valence-electron chi connectivity index (χ3n) is 8.98. The van der Waals surface area contributed by atoms with E-state index in [0.29, 0.717) is 12.0 Å². The number of H-pyrrole nitrogens is 1. The molecule has 18 nitrogen and oxygen atoms in total. The molecule has 0 bridgehead atoms. The van der Waals surface area contributed by atoms with Crippen molar-refractivity contribution in [2.75, 3.05) is 6.54 Å². The van der Waals surface area contributed by atoms with Gasteiger partial charge in [-0.05, 0) is 43.7 Å². The number of fused-ring (bicyclic) bond motifs is 2. The molecule has 7 atom stereocenters. The largest absolute Gasteiger partial charge is 0.481 e. The lowest BCUT2D eigenvalue weighted by molar-refractivity contribution is -0.145. The first-order chi connectivity index (χ1) is 24.5. The molecule has 6 amide bonds. The first-order valence-electron chi connectivity index (χ1n) is 17.0. The summed E-state index contributed by atoms with van der Waals surface area (Å²) in [6.07, 6.45) is -1.36. The van der Waals surface area contributed by atoms with Crippen LogP contribution in [0.25, 0.3) is 10.9 Å². The number of aromatic amines is 1. The molecule has 0 unspecified atom stereocenters. The number of nitrogens with zero attached hydrogens (tertiary/aromatic N) is 1. The molecule has 4 rings (SSSR count). The minimum absolute atomic E-state index is 0.0336. The van der Waals surface area contributed by atoms with Crippen LogP contribution in [-0.4, -0.2) is 121 Å². The summed E-state index contributed by atoms with van der Waals surface area (Å²) in [5, 5.41) is 42.5. The number of amides is 6. The zero-order chi connectivity index (χ0) is 38.3. The van der Waals surface area contributed by atoms with Crippen molar-refractivity contribution in [1.29, 1.82) is 0 Å². The highest BCUT2D eigenvalue weighted by Gasteiger charge is 2.41. The quantitative estimate of drug-likeness (QED) is 0.144. The smallest absolute Gasteiger partial charge is 0.305 e. The van der Waals surface area contributed by atoms with Gasteiger partial charge >= 0.3 is 11.9 Å². The summed E-state index contributed by atoms with van der Waals surface area (Å²) in [5.41, 5.74) is 1.36. The summed E-state index contributed by atoms with van der Waals surface area (Å²) in [5.74, 6) is -8.89. The molecule has 1 aromatic carbocycles. The van der Waals surface area contributed by atoms with Gasteiger partial charge in [-0.15, -0.1) is 0 Å². The lowest BCUT2D eigenvalue weighted by atomic mass is 10.0. The average Bonchev–Trinajstić information content (AvgIpc) is 3.72. The second-order valence-corrected chi connectivity index (χ2v) is 13.6. The zero-order valence-electron chi connectivity index (χ0n) is 29.0. The number of nitrogens with one attached hydrogen (secondary N) is 6. The van der Waals surface area contributed by atoms with E-state index in [1.807, 2.05) is 6.07 Å². The number of aliphatic hydroxyl groups excluding tert-OH is 1. The van der Waals surface area contributed by atoms with Crippen LogP contribution in [0.2, 0.25) is 0 Å². The highest BCUT2D eigenvalue weighted by atomic mass is 16.4. The monoisotopic (exact) mass is 727 g/mol. The number of carboxylic acids is 2. The molecule has 2 aromatic rings. The molecule has 0 spiro atoms. The van der Waals surface area contributed by atoms with E-state index >= 15 is 0 Å². The Morgan fingerprint density at radius 2 is 1.33 bits per heavy atom. The Morgan fingerprint density at radius 1 is 0.769 bits per heavy atom. The first-order valence-corrected chi connectivity index (χ1v) is 17.0. The Hall–Kier alpha value is -5.52. The van der Waals surface area contributed by atoms with Crippen LogP contribution in [0.5, 0.6) is 0 Å². The second kappa shape index (κ2) is 17.1. The van der Waals surface area contributed by atoms with Gasteiger partial charge < -0.3 is 51.8 Å². The molecule has 2 saturated heterocycles. The van der Waals surface area contributed by atoms with E-state index in [4.69, 9.17) is 0 Å². The van der Waals surface area contributed by atoms with Gasteiger partial charge in [0.25, 0.3) is 0 Å². The molecule has 0 saturated carbocycles. The maximum absolute atomic E-state index is 14.3. The van der Waals surface area contributed by atoms with Crippen molar-refractivity contribution in [3.8, 4) is 0 Å². The van der Waals surface area contributed by atoms with Gasteiger partial charge in [0.05, 0.1) is 18.9 Å². The van der Waals surface area contributed by atoms with Gasteiger partial charge in [0.2, 0.25) is 35.4 Å². The van der Waals surface area contributed by atoms with Crippen molar-refractivity contribution >= 4 is 58.3 Å². The van der Waals surface area contributed by atoms with Crippen molar-refractivity contribution in [2.45, 2.75) is 102 Å². The number of carbonyl (C=O) groups is 8. The molecule has 52 heavy (non-hydrogen) atoms. The van der Waals surface area contributed by atoms with Crippen molar-refractivity contribution < 1.29 is 53.7 Å². The number of hydrogen-bond acceptors (Lipinski definition) is 9. The highest BCUT2D eigenvalue weighted by Crippen LogP contribution is 2.23. The van der Waals surface area contributed by atoms with E-state index in [1.54, 1.807) is 38.2 Å². The Labute approximate surface area is 298 Å². The number of hydrogen-bond donors (Lipinski definition) is 9. The van der Waals surface area contributed by atoms with Gasteiger partial charge in [-0.25, -0.2) is 0 Å². The number of aromatic nitrogens is 1. The maximum Gasteiger partial charge on any atom is 0.305 e. The Kier molecular flexibility index (Phi) is 12.9. The van der Waals surface area contributed by atoms with Crippen LogP contribution in [0.15, 0.2) is 30.5 Å². The Bertz CT molecular complexity index is 1710. The summed E-state index contributed by atoms with van der Waals surface area (Å²) < 4.78 is 0. The van der Waals surface area contributed by atoms with Gasteiger partial charge in [0.15, 0.2) is 0 Å². The summed E-state index contributed by atoms with van der Waals surface area (Å²) in [7, 11) is 0. The molecule has 2 aliphatic rings. The molecule has 9 N–H and O–H groups in total. The summed E-state index contributed by atoms with van der Waals surface area (Å²) in [6.45, 7) is 4.70. The molecule has 282 valence electrons. The highest BCUT2D eigenvalue weighted by molar-refractivity contribution is 6.00. The third kappa shape index (κ3) is 9.83. The number of carbonyl (C=O) groups excluding carboxylic acids is 6. The summed E-state index contributed by atoms with van der Waals surface area (Å²) >= 11 is 0. The van der Waals surface area contributed by atoms with Crippen molar-refractivity contribution in [1.82, 2.24) is 36.5 Å². The van der Waals surface area contributed by atoms with Crippen LogP contribution in [0.1, 0.15) is 58.4 Å². The van der Waals surface area contributed by atoms with Crippen molar-refractivity contribution in [3.05, 3.63) is 36.0 Å². The van der Waals surface area contributed by atoms with E-state index in [9.17, 15) is 53.7 Å². The topological polar surface area (TPSA) is 276 Å². The predicted molar refractivity (Wildman–Crippen MR) is 182 cm³/mol. The second-order valence-electron chi connectivity index (χ2n) is 13.6. The molecular weight excluding hydrogens is 682 g/mol. The van der Waals surface area contributed by atoms with Gasteiger partial charge in [0, 0.05) is 30.1 Å². The Balaban J connectivity index is 1.78. The van der Waals surface area contributed by atoms with Gasteiger partial charge in [-0.1, -0.05) is 32.0 Å². The molecule has 1 aromatic heterocycles. The average molecular weight is 728 g/mol. The molecule has 0 aliphatic carbocycles. The number of benzene rings is 1. The van der Waals surface area contributed by atoms with Gasteiger partial charge in [-0.3, -0.25) is 38.4 Å². The number of rotatable bonds is 9. The molecule has 18 heteroatoms. The summed E-state index contributed by atoms with van der Waals surface area (Å²) in [4.78, 5) is 110. The van der Waals surface area contributed by atoms with Crippen LogP contribution in [-0.2, 0) is 44.8 Å². The fourth-order valence-electron chi connectivity index (χ4n) is 6.43. The van der Waals surface area contributed by atoms with E-state index in [-0.39, 0.29) is 31.7 Å². The third-order valence-corrected chi connectivity index (χ3v) is 8.98. The summed E-state index contributed by atoms with van der Waals surface area (Å²) in [6, 6.07) is -1.93. The fraction of sp³-hybridized carbons (Fsp3) is 0.529. The minimum Gasteiger partial charge on any atom is -0.481 e. The van der Waals surface area contributed by atoms with Crippen molar-refractivity contribution in [3.63, 3.8) is 0 Å². The van der Waals surface area contributed by atoms with Crippen LogP contribution in [0, 0.1) is 5.92 Å². The number of aliphatic hydroxyl groups is 1. The van der Waals surface area contributed by atoms with E-state index < -0.39 is 103 Å². The molecule has 0 radical (unpaired) electrons. The number of aliphatic carboxylic acids is 2. The fourth-order valence-corrected chi connectivity index (χ4v) is 6.43. The molecule has 2 aliphatic heterocycles. The van der Waals surface area contributed by atoms with E-state index in [0.717, 1.165) is 10.9 Å². The minimum atomic E-state index is -1.80. The molecule has 3 heterocycles. The normalized spacial score (nSPS) is 26.0. The van der Waals surface area contributed by atoms with E-state index in [2.05, 4.69) is 31.6 Å². The lowest BCUT2D eigenvalue weighted by Gasteiger charge is -2.32. The predicted octanol–water partition coefficient (Wildman–Crippen LogP) is -1.48. The van der Waals surface area contributed by atoms with Crippen LogP contribution in [0.3, 0.4) is 0 Å². The van der Waals surface area contributed by atoms with E-state index in [1.165, 1.54) is 11.8 Å². The lowest BCUT2D eigenvalue weighted by Crippen LogP contribution is -2.63. The molecular formula is C34H45N7O11. The van der Waals surface area contributed by atoms with Crippen LogP contribution >= 0.6 is 0 Å².